The Bertz CT molecular complexity index is 954. The molecule has 0 bridgehead atoms. The number of nitrogens with one attached hydrogen (secondary N) is 1. The van der Waals surface area contributed by atoms with E-state index in [4.69, 9.17) is 0 Å². The van der Waals surface area contributed by atoms with Gasteiger partial charge in [0.1, 0.15) is 0 Å². The Hall–Kier alpha value is -2.12. The molecular formula is C22H23BrN4OS. The van der Waals surface area contributed by atoms with Crippen molar-refractivity contribution < 1.29 is 4.79 Å². The number of H-pyrrole nitrogens is 1. The topological polar surface area (TPSA) is 61.9 Å². The standard InChI is InChI=1S/C22H23BrN4OS/c23-19-9-5-4-8-18(19)21-24-22(26-25-21)29-15-20(28)27-12-10-17(11-13-27)14-16-6-2-1-3-7-16/h1-9,17H,10-15H2,(H,24,25,26). The Morgan fingerprint density at radius 3 is 2.59 bits per heavy atom. The zero-order chi connectivity index (χ0) is 20.1. The van der Waals surface area contributed by atoms with E-state index < -0.39 is 0 Å². The van der Waals surface area contributed by atoms with Crippen LogP contribution in [0.2, 0.25) is 0 Å². The summed E-state index contributed by atoms with van der Waals surface area (Å²) in [6.45, 7) is 1.68. The van der Waals surface area contributed by atoms with Gasteiger partial charge in [0.25, 0.3) is 0 Å². The number of nitrogens with zero attached hydrogens (tertiary/aromatic N) is 3. The van der Waals surface area contributed by atoms with Gasteiger partial charge in [-0.05, 0) is 36.8 Å². The minimum atomic E-state index is 0.167. The number of benzene rings is 2. The molecule has 29 heavy (non-hydrogen) atoms. The monoisotopic (exact) mass is 470 g/mol. The Morgan fingerprint density at radius 1 is 1.10 bits per heavy atom. The van der Waals surface area contributed by atoms with Crippen LogP contribution in [0, 0.1) is 5.92 Å². The van der Waals surface area contributed by atoms with Crippen molar-refractivity contribution in [1.82, 2.24) is 20.1 Å². The molecule has 7 heteroatoms. The predicted molar refractivity (Wildman–Crippen MR) is 120 cm³/mol. The Labute approximate surface area is 183 Å². The number of carbonyl (C=O) groups is 1. The number of piperidine rings is 1. The second kappa shape index (κ2) is 9.59. The quantitative estimate of drug-likeness (QED) is 0.525. The summed E-state index contributed by atoms with van der Waals surface area (Å²) in [5.74, 6) is 1.90. The fraction of sp³-hybridized carbons (Fsp3) is 0.318. The largest absolute Gasteiger partial charge is 0.342 e. The van der Waals surface area contributed by atoms with Crippen molar-refractivity contribution in [3.05, 3.63) is 64.6 Å². The molecule has 0 aliphatic carbocycles. The lowest BCUT2D eigenvalue weighted by Crippen LogP contribution is -2.39. The molecular weight excluding hydrogens is 448 g/mol. The first kappa shape index (κ1) is 20.2. The van der Waals surface area contributed by atoms with Crippen molar-refractivity contribution in [2.24, 2.45) is 5.92 Å². The Balaban J connectivity index is 1.25. The van der Waals surface area contributed by atoms with Gasteiger partial charge in [0.05, 0.1) is 5.75 Å². The van der Waals surface area contributed by atoms with E-state index in [-0.39, 0.29) is 5.91 Å². The summed E-state index contributed by atoms with van der Waals surface area (Å²) in [7, 11) is 0. The molecule has 0 unspecified atom stereocenters. The Morgan fingerprint density at radius 2 is 1.83 bits per heavy atom. The van der Waals surface area contributed by atoms with E-state index in [9.17, 15) is 4.79 Å². The van der Waals surface area contributed by atoms with Crippen LogP contribution in [0.4, 0.5) is 0 Å². The van der Waals surface area contributed by atoms with E-state index in [0.29, 0.717) is 22.7 Å². The van der Waals surface area contributed by atoms with Crippen LogP contribution < -0.4 is 0 Å². The Kier molecular flexibility index (Phi) is 6.67. The van der Waals surface area contributed by atoms with Gasteiger partial charge >= 0.3 is 0 Å². The van der Waals surface area contributed by atoms with Crippen molar-refractivity contribution in [3.63, 3.8) is 0 Å². The van der Waals surface area contributed by atoms with Crippen LogP contribution in [0.15, 0.2) is 64.2 Å². The molecule has 0 spiro atoms. The zero-order valence-electron chi connectivity index (χ0n) is 16.1. The third-order valence-electron chi connectivity index (χ3n) is 5.25. The van der Waals surface area contributed by atoms with Crippen LogP contribution in [0.25, 0.3) is 11.4 Å². The molecule has 1 amide bonds. The molecule has 1 aliphatic heterocycles. The number of rotatable bonds is 6. The van der Waals surface area contributed by atoms with Gasteiger partial charge in [-0.15, -0.1) is 5.10 Å². The number of likely N-dealkylation sites (tertiary alicyclic amines) is 1. The molecule has 3 aromatic rings. The molecule has 0 atom stereocenters. The van der Waals surface area contributed by atoms with Gasteiger partial charge in [-0.1, -0.05) is 76.2 Å². The van der Waals surface area contributed by atoms with E-state index in [0.717, 1.165) is 42.4 Å². The van der Waals surface area contributed by atoms with Crippen LogP contribution >= 0.6 is 27.7 Å². The van der Waals surface area contributed by atoms with E-state index in [1.807, 2.05) is 29.2 Å². The summed E-state index contributed by atoms with van der Waals surface area (Å²) < 4.78 is 0.960. The smallest absolute Gasteiger partial charge is 0.233 e. The number of thioether (sulfide) groups is 1. The highest BCUT2D eigenvalue weighted by Gasteiger charge is 2.23. The maximum absolute atomic E-state index is 12.6. The van der Waals surface area contributed by atoms with Gasteiger partial charge in [0, 0.05) is 23.1 Å². The van der Waals surface area contributed by atoms with Crippen molar-refractivity contribution in [3.8, 4) is 11.4 Å². The van der Waals surface area contributed by atoms with Crippen molar-refractivity contribution >= 4 is 33.6 Å². The van der Waals surface area contributed by atoms with Gasteiger partial charge in [-0.3, -0.25) is 9.89 Å². The third kappa shape index (κ3) is 5.28. The maximum Gasteiger partial charge on any atom is 0.233 e. The maximum atomic E-state index is 12.6. The summed E-state index contributed by atoms with van der Waals surface area (Å²) in [6, 6.07) is 18.5. The molecule has 5 nitrogen and oxygen atoms in total. The summed E-state index contributed by atoms with van der Waals surface area (Å²) in [6.07, 6.45) is 3.24. The molecule has 2 heterocycles. The van der Waals surface area contributed by atoms with Crippen LogP contribution in [-0.4, -0.2) is 44.8 Å². The van der Waals surface area contributed by atoms with Crippen molar-refractivity contribution in [1.29, 1.82) is 0 Å². The molecule has 1 saturated heterocycles. The van der Waals surface area contributed by atoms with E-state index >= 15 is 0 Å². The van der Waals surface area contributed by atoms with Crippen LogP contribution in [-0.2, 0) is 11.2 Å². The molecule has 150 valence electrons. The SMILES string of the molecule is O=C(CSc1n[nH]c(-c2ccccc2Br)n1)N1CCC(Cc2ccccc2)CC1. The van der Waals surface area contributed by atoms with Gasteiger partial charge < -0.3 is 4.90 Å². The number of halogens is 1. The molecule has 1 fully saturated rings. The summed E-state index contributed by atoms with van der Waals surface area (Å²) >= 11 is 4.91. The molecule has 4 rings (SSSR count). The number of aromatic nitrogens is 3. The van der Waals surface area contributed by atoms with Crippen LogP contribution in [0.1, 0.15) is 18.4 Å². The molecule has 0 radical (unpaired) electrons. The number of hydrogen-bond donors (Lipinski definition) is 1. The van der Waals surface area contributed by atoms with Crippen LogP contribution in [0.5, 0.6) is 0 Å². The minimum Gasteiger partial charge on any atom is -0.342 e. The van der Waals surface area contributed by atoms with Gasteiger partial charge in [-0.2, -0.15) is 0 Å². The van der Waals surface area contributed by atoms with E-state index in [2.05, 4.69) is 61.4 Å². The van der Waals surface area contributed by atoms with Gasteiger partial charge in [0.2, 0.25) is 11.1 Å². The molecule has 1 N–H and O–H groups in total. The summed E-state index contributed by atoms with van der Waals surface area (Å²) in [5, 5.41) is 7.80. The van der Waals surface area contributed by atoms with E-state index in [1.54, 1.807) is 0 Å². The molecule has 1 aliphatic rings. The first-order chi connectivity index (χ1) is 14.2. The highest BCUT2D eigenvalue weighted by molar-refractivity contribution is 9.10. The van der Waals surface area contributed by atoms with Crippen LogP contribution in [0.3, 0.4) is 0 Å². The highest BCUT2D eigenvalue weighted by atomic mass is 79.9. The highest BCUT2D eigenvalue weighted by Crippen LogP contribution is 2.27. The fourth-order valence-corrected chi connectivity index (χ4v) is 4.81. The minimum absolute atomic E-state index is 0.167. The number of amides is 1. The van der Waals surface area contributed by atoms with Gasteiger partial charge in [-0.25, -0.2) is 4.98 Å². The number of carbonyl (C=O) groups excluding carboxylic acids is 1. The van der Waals surface area contributed by atoms with E-state index in [1.165, 1.54) is 17.3 Å². The lowest BCUT2D eigenvalue weighted by atomic mass is 9.90. The first-order valence-electron chi connectivity index (χ1n) is 9.81. The lowest BCUT2D eigenvalue weighted by Gasteiger charge is -2.32. The fourth-order valence-electron chi connectivity index (χ4n) is 3.64. The molecule has 0 saturated carbocycles. The first-order valence-corrected chi connectivity index (χ1v) is 11.6. The van der Waals surface area contributed by atoms with Gasteiger partial charge in [0.15, 0.2) is 5.82 Å². The second-order valence-corrected chi connectivity index (χ2v) is 9.05. The number of hydrogen-bond acceptors (Lipinski definition) is 4. The van der Waals surface area contributed by atoms with Crippen molar-refractivity contribution in [2.45, 2.75) is 24.4 Å². The average molecular weight is 471 g/mol. The van der Waals surface area contributed by atoms with Crippen molar-refractivity contribution in [2.75, 3.05) is 18.8 Å². The molecule has 1 aromatic heterocycles. The third-order valence-corrected chi connectivity index (χ3v) is 6.78. The lowest BCUT2D eigenvalue weighted by molar-refractivity contribution is -0.129. The number of aromatic amines is 1. The second-order valence-electron chi connectivity index (χ2n) is 7.25. The predicted octanol–water partition coefficient (Wildman–Crippen LogP) is 4.81. The average Bonchev–Trinajstić information content (AvgIpc) is 3.22. The zero-order valence-corrected chi connectivity index (χ0v) is 18.5. The normalized spacial score (nSPS) is 14.9. The molecule has 2 aromatic carbocycles. The summed E-state index contributed by atoms with van der Waals surface area (Å²) in [4.78, 5) is 19.1. The summed E-state index contributed by atoms with van der Waals surface area (Å²) in [5.41, 5.74) is 2.34.